The molecule has 0 radical (unpaired) electrons. The molecule has 0 N–H and O–H groups in total. The molecule has 11 heteroatoms. The van der Waals surface area contributed by atoms with Crippen LogP contribution in [0.2, 0.25) is 0 Å². The fraction of sp³-hybridized carbons (Fsp3) is 0.368. The van der Waals surface area contributed by atoms with Gasteiger partial charge in [-0.1, -0.05) is 6.07 Å². The molecule has 1 aromatic carbocycles. The standard InChI is InChI=1S/C19H17F6N3O2/c20-18(21,22)13-9-14(19(23,24)25)11-15(10-13)30-12-17(29)28-7-5-27(6-8-28)16-3-1-2-4-26-16/h1-4,9-11H,5-8,12H2. The van der Waals surface area contributed by atoms with Crippen LogP contribution in [0.25, 0.3) is 0 Å². The Balaban J connectivity index is 1.62. The number of amides is 1. The van der Waals surface area contributed by atoms with E-state index in [1.807, 2.05) is 17.0 Å². The highest BCUT2D eigenvalue weighted by Crippen LogP contribution is 2.38. The lowest BCUT2D eigenvalue weighted by atomic mass is 10.1. The maximum atomic E-state index is 12.9. The van der Waals surface area contributed by atoms with Gasteiger partial charge in [-0.15, -0.1) is 0 Å². The minimum atomic E-state index is -4.98. The summed E-state index contributed by atoms with van der Waals surface area (Å²) in [6, 6.07) is 6.33. The number of aromatic nitrogens is 1. The first kappa shape index (κ1) is 21.7. The van der Waals surface area contributed by atoms with Crippen molar-refractivity contribution in [3.63, 3.8) is 0 Å². The van der Waals surface area contributed by atoms with Crippen molar-refractivity contribution in [3.05, 3.63) is 53.7 Å². The normalized spacial score (nSPS) is 15.3. The van der Waals surface area contributed by atoms with Crippen LogP contribution in [0.4, 0.5) is 32.2 Å². The summed E-state index contributed by atoms with van der Waals surface area (Å²) >= 11 is 0. The Hall–Kier alpha value is -2.98. The van der Waals surface area contributed by atoms with Gasteiger partial charge in [0.25, 0.3) is 5.91 Å². The van der Waals surface area contributed by atoms with Crippen LogP contribution in [0.1, 0.15) is 11.1 Å². The van der Waals surface area contributed by atoms with Crippen molar-refractivity contribution in [1.82, 2.24) is 9.88 Å². The van der Waals surface area contributed by atoms with Gasteiger partial charge in [0.15, 0.2) is 6.61 Å². The second-order valence-electron chi connectivity index (χ2n) is 6.59. The van der Waals surface area contributed by atoms with E-state index in [-0.39, 0.29) is 6.07 Å². The van der Waals surface area contributed by atoms with Crippen LogP contribution in [0.3, 0.4) is 0 Å². The number of halogens is 6. The predicted molar refractivity (Wildman–Crippen MR) is 95.0 cm³/mol. The number of hydrogen-bond acceptors (Lipinski definition) is 4. The first-order valence-electron chi connectivity index (χ1n) is 8.90. The number of carbonyl (C=O) groups is 1. The van der Waals surface area contributed by atoms with Crippen LogP contribution >= 0.6 is 0 Å². The number of nitrogens with zero attached hydrogens (tertiary/aromatic N) is 3. The topological polar surface area (TPSA) is 45.7 Å². The molecular weight excluding hydrogens is 416 g/mol. The first-order chi connectivity index (χ1) is 14.0. The molecule has 0 bridgehead atoms. The molecule has 1 aliphatic heterocycles. The minimum absolute atomic E-state index is 0.00548. The van der Waals surface area contributed by atoms with Crippen molar-refractivity contribution < 1.29 is 35.9 Å². The Morgan fingerprint density at radius 2 is 1.53 bits per heavy atom. The number of rotatable bonds is 4. The van der Waals surface area contributed by atoms with Gasteiger partial charge in [0.2, 0.25) is 0 Å². The molecule has 0 aliphatic carbocycles. The molecule has 1 amide bonds. The van der Waals surface area contributed by atoms with Gasteiger partial charge in [-0.2, -0.15) is 26.3 Å². The van der Waals surface area contributed by atoms with Crippen molar-refractivity contribution in [2.24, 2.45) is 0 Å². The minimum Gasteiger partial charge on any atom is -0.484 e. The largest absolute Gasteiger partial charge is 0.484 e. The van der Waals surface area contributed by atoms with E-state index in [0.717, 1.165) is 5.82 Å². The number of piperazine rings is 1. The van der Waals surface area contributed by atoms with Gasteiger partial charge in [-0.05, 0) is 30.3 Å². The highest BCUT2D eigenvalue weighted by molar-refractivity contribution is 5.78. The van der Waals surface area contributed by atoms with Gasteiger partial charge in [-0.3, -0.25) is 4.79 Å². The lowest BCUT2D eigenvalue weighted by Gasteiger charge is -2.35. The molecule has 0 atom stereocenters. The third kappa shape index (κ3) is 5.33. The van der Waals surface area contributed by atoms with Crippen molar-refractivity contribution in [2.75, 3.05) is 37.7 Å². The van der Waals surface area contributed by atoms with Crippen molar-refractivity contribution in [2.45, 2.75) is 12.4 Å². The van der Waals surface area contributed by atoms with Crippen LogP contribution in [-0.2, 0) is 17.1 Å². The number of alkyl halides is 6. The van der Waals surface area contributed by atoms with Crippen LogP contribution in [0.5, 0.6) is 5.75 Å². The maximum Gasteiger partial charge on any atom is 0.416 e. The van der Waals surface area contributed by atoms with Gasteiger partial charge < -0.3 is 14.5 Å². The summed E-state index contributed by atoms with van der Waals surface area (Å²) in [6.45, 7) is 0.974. The summed E-state index contributed by atoms with van der Waals surface area (Å²) in [5.41, 5.74) is -2.99. The number of ether oxygens (including phenoxy) is 1. The second kappa shape index (κ2) is 8.41. The monoisotopic (exact) mass is 433 g/mol. The third-order valence-corrected chi connectivity index (χ3v) is 4.53. The van der Waals surface area contributed by atoms with Crippen LogP contribution < -0.4 is 9.64 Å². The van der Waals surface area contributed by atoms with Crippen molar-refractivity contribution in [3.8, 4) is 5.75 Å². The van der Waals surface area contributed by atoms with Crippen LogP contribution in [0.15, 0.2) is 42.6 Å². The van der Waals surface area contributed by atoms with Gasteiger partial charge in [0, 0.05) is 32.4 Å². The molecule has 162 valence electrons. The molecule has 0 spiro atoms. The molecule has 1 aliphatic rings. The first-order valence-corrected chi connectivity index (χ1v) is 8.90. The van der Waals surface area contributed by atoms with E-state index < -0.39 is 41.7 Å². The van der Waals surface area contributed by atoms with E-state index in [9.17, 15) is 31.1 Å². The number of hydrogen-bond donors (Lipinski definition) is 0. The summed E-state index contributed by atoms with van der Waals surface area (Å²) < 4.78 is 82.4. The van der Waals surface area contributed by atoms with Crippen LogP contribution in [-0.4, -0.2) is 48.6 Å². The Kier molecular flexibility index (Phi) is 6.09. The molecule has 30 heavy (non-hydrogen) atoms. The smallest absolute Gasteiger partial charge is 0.416 e. The molecule has 2 aromatic rings. The van der Waals surface area contributed by atoms with E-state index in [1.54, 1.807) is 12.3 Å². The van der Waals surface area contributed by atoms with Crippen LogP contribution in [0, 0.1) is 0 Å². The average Bonchev–Trinajstić information content (AvgIpc) is 2.71. The van der Waals surface area contributed by atoms with Gasteiger partial charge in [0.05, 0.1) is 11.1 Å². The Labute approximate surface area is 167 Å². The zero-order valence-corrected chi connectivity index (χ0v) is 15.5. The lowest BCUT2D eigenvalue weighted by molar-refractivity contribution is -0.143. The fourth-order valence-corrected chi connectivity index (χ4v) is 2.97. The Morgan fingerprint density at radius 1 is 0.933 bits per heavy atom. The zero-order valence-electron chi connectivity index (χ0n) is 15.5. The molecule has 1 fully saturated rings. The summed E-state index contributed by atoms with van der Waals surface area (Å²) in [6.07, 6.45) is -8.32. The summed E-state index contributed by atoms with van der Waals surface area (Å²) in [5.74, 6) is -0.441. The van der Waals surface area contributed by atoms with E-state index in [2.05, 4.69) is 4.98 Å². The molecule has 1 aromatic heterocycles. The van der Waals surface area contributed by atoms with E-state index in [0.29, 0.717) is 38.3 Å². The number of anilines is 1. The molecule has 2 heterocycles. The highest BCUT2D eigenvalue weighted by atomic mass is 19.4. The molecule has 0 unspecified atom stereocenters. The fourth-order valence-electron chi connectivity index (χ4n) is 2.97. The van der Waals surface area contributed by atoms with E-state index >= 15 is 0 Å². The maximum absolute atomic E-state index is 12.9. The molecule has 0 saturated carbocycles. The average molecular weight is 433 g/mol. The van der Waals surface area contributed by atoms with Gasteiger partial charge >= 0.3 is 12.4 Å². The molecular formula is C19H17F6N3O2. The number of benzene rings is 1. The van der Waals surface area contributed by atoms with E-state index in [4.69, 9.17) is 4.74 Å². The Morgan fingerprint density at radius 3 is 2.03 bits per heavy atom. The second-order valence-corrected chi connectivity index (χ2v) is 6.59. The molecule has 3 rings (SSSR count). The van der Waals surface area contributed by atoms with Crippen molar-refractivity contribution >= 4 is 11.7 Å². The van der Waals surface area contributed by atoms with Crippen molar-refractivity contribution in [1.29, 1.82) is 0 Å². The number of pyridine rings is 1. The van der Waals surface area contributed by atoms with Gasteiger partial charge in [0.1, 0.15) is 11.6 Å². The predicted octanol–water partition coefficient (Wildman–Crippen LogP) is 3.85. The highest BCUT2D eigenvalue weighted by Gasteiger charge is 2.37. The molecule has 1 saturated heterocycles. The quantitative estimate of drug-likeness (QED) is 0.688. The Bertz CT molecular complexity index is 846. The van der Waals surface area contributed by atoms with Gasteiger partial charge in [-0.25, -0.2) is 4.98 Å². The lowest BCUT2D eigenvalue weighted by Crippen LogP contribution is -2.50. The SMILES string of the molecule is O=C(COc1cc(C(F)(F)F)cc(C(F)(F)F)c1)N1CCN(c2ccccn2)CC1. The zero-order chi connectivity index (χ0) is 21.9. The summed E-state index contributed by atoms with van der Waals surface area (Å²) in [5, 5.41) is 0. The summed E-state index contributed by atoms with van der Waals surface area (Å²) in [4.78, 5) is 19.9. The number of carbonyl (C=O) groups excluding carboxylic acids is 1. The third-order valence-electron chi connectivity index (χ3n) is 4.53. The van der Waals surface area contributed by atoms with E-state index in [1.165, 1.54) is 4.90 Å². The summed E-state index contributed by atoms with van der Waals surface area (Å²) in [7, 11) is 0. The molecule has 5 nitrogen and oxygen atoms in total.